The van der Waals surface area contributed by atoms with Crippen LogP contribution in [0.1, 0.15) is 44.6 Å². The van der Waals surface area contributed by atoms with Gasteiger partial charge in [0.05, 0.1) is 5.69 Å². The van der Waals surface area contributed by atoms with Gasteiger partial charge >= 0.3 is 11.8 Å². The van der Waals surface area contributed by atoms with Crippen molar-refractivity contribution < 1.29 is 14.4 Å². The number of aryl methyl sites for hydroxylation is 1. The lowest BCUT2D eigenvalue weighted by molar-refractivity contribution is -0.143. The SMILES string of the molecule is Cc1cc(NC(=O)C(=O)N2CCCCC2)n(C2NC(=O)CC(C)N2)n1. The third-order valence-electron chi connectivity index (χ3n) is 4.41. The molecule has 1 aromatic heterocycles. The molecule has 136 valence electrons. The van der Waals surface area contributed by atoms with E-state index in [0.29, 0.717) is 31.0 Å². The summed E-state index contributed by atoms with van der Waals surface area (Å²) in [6, 6.07) is 1.66. The van der Waals surface area contributed by atoms with Crippen molar-refractivity contribution in [2.75, 3.05) is 18.4 Å². The number of nitrogens with one attached hydrogen (secondary N) is 3. The van der Waals surface area contributed by atoms with Crippen LogP contribution in [0.15, 0.2) is 6.07 Å². The van der Waals surface area contributed by atoms with Gasteiger partial charge in [-0.3, -0.25) is 19.7 Å². The molecule has 0 spiro atoms. The van der Waals surface area contributed by atoms with Gasteiger partial charge in [0, 0.05) is 31.6 Å². The Hall–Kier alpha value is -2.42. The van der Waals surface area contributed by atoms with Gasteiger partial charge in [0.25, 0.3) is 0 Å². The van der Waals surface area contributed by atoms with Crippen LogP contribution >= 0.6 is 0 Å². The number of amides is 3. The van der Waals surface area contributed by atoms with Gasteiger partial charge in [0.15, 0.2) is 6.29 Å². The summed E-state index contributed by atoms with van der Waals surface area (Å²) in [6.45, 7) is 4.91. The predicted octanol–water partition coefficient (Wildman–Crippen LogP) is 0.0966. The van der Waals surface area contributed by atoms with Crippen molar-refractivity contribution in [3.63, 3.8) is 0 Å². The molecule has 3 N–H and O–H groups in total. The molecule has 2 saturated heterocycles. The second-order valence-electron chi connectivity index (χ2n) is 6.66. The Morgan fingerprint density at radius 1 is 1.28 bits per heavy atom. The van der Waals surface area contributed by atoms with Crippen LogP contribution in [0.2, 0.25) is 0 Å². The molecule has 1 aromatic rings. The summed E-state index contributed by atoms with van der Waals surface area (Å²) in [5.41, 5.74) is 0.676. The highest BCUT2D eigenvalue weighted by Gasteiger charge is 2.28. The van der Waals surface area contributed by atoms with E-state index in [9.17, 15) is 14.4 Å². The largest absolute Gasteiger partial charge is 0.334 e. The van der Waals surface area contributed by atoms with Crippen molar-refractivity contribution in [1.29, 1.82) is 0 Å². The number of anilines is 1. The maximum absolute atomic E-state index is 12.3. The molecule has 0 bridgehead atoms. The minimum absolute atomic E-state index is 0.0122. The molecule has 2 aliphatic rings. The Kier molecular flexibility index (Phi) is 5.03. The zero-order valence-electron chi connectivity index (χ0n) is 14.5. The van der Waals surface area contributed by atoms with Gasteiger partial charge in [0.2, 0.25) is 5.91 Å². The smallest absolute Gasteiger partial charge is 0.315 e. The monoisotopic (exact) mass is 348 g/mol. The molecule has 3 heterocycles. The number of aromatic nitrogens is 2. The van der Waals surface area contributed by atoms with Crippen molar-refractivity contribution in [2.45, 2.75) is 51.9 Å². The molecule has 0 aliphatic carbocycles. The molecule has 0 aromatic carbocycles. The summed E-state index contributed by atoms with van der Waals surface area (Å²) < 4.78 is 1.49. The van der Waals surface area contributed by atoms with Gasteiger partial charge in [-0.2, -0.15) is 5.10 Å². The van der Waals surface area contributed by atoms with Crippen LogP contribution in [0.4, 0.5) is 5.82 Å². The first-order chi connectivity index (χ1) is 11.9. The Bertz CT molecular complexity index is 679. The third kappa shape index (κ3) is 3.98. The summed E-state index contributed by atoms with van der Waals surface area (Å²) in [4.78, 5) is 38.0. The molecule has 9 heteroatoms. The number of hydrogen-bond donors (Lipinski definition) is 3. The minimum atomic E-state index is -0.682. The predicted molar refractivity (Wildman–Crippen MR) is 90.4 cm³/mol. The summed E-state index contributed by atoms with van der Waals surface area (Å²) >= 11 is 0. The Labute approximate surface area is 146 Å². The van der Waals surface area contributed by atoms with Crippen molar-refractivity contribution in [1.82, 2.24) is 25.3 Å². The van der Waals surface area contributed by atoms with Crippen molar-refractivity contribution >= 4 is 23.5 Å². The molecule has 0 saturated carbocycles. The van der Waals surface area contributed by atoms with E-state index in [1.807, 2.05) is 6.92 Å². The van der Waals surface area contributed by atoms with Crippen LogP contribution in [0.3, 0.4) is 0 Å². The summed E-state index contributed by atoms with van der Waals surface area (Å²) in [5, 5.41) is 13.0. The zero-order chi connectivity index (χ0) is 18.0. The Morgan fingerprint density at radius 2 is 2.00 bits per heavy atom. The average molecular weight is 348 g/mol. The van der Waals surface area contributed by atoms with Gasteiger partial charge in [-0.25, -0.2) is 4.68 Å². The molecule has 2 unspecified atom stereocenters. The van der Waals surface area contributed by atoms with Crippen LogP contribution < -0.4 is 16.0 Å². The maximum Gasteiger partial charge on any atom is 0.315 e. The molecule has 25 heavy (non-hydrogen) atoms. The third-order valence-corrected chi connectivity index (χ3v) is 4.41. The highest BCUT2D eigenvalue weighted by molar-refractivity contribution is 6.39. The van der Waals surface area contributed by atoms with E-state index in [1.165, 1.54) is 4.68 Å². The number of carbonyl (C=O) groups is 3. The van der Waals surface area contributed by atoms with Crippen LogP contribution in [0.5, 0.6) is 0 Å². The fraction of sp³-hybridized carbons (Fsp3) is 0.625. The van der Waals surface area contributed by atoms with Crippen LogP contribution in [0.25, 0.3) is 0 Å². The van der Waals surface area contributed by atoms with Crippen LogP contribution in [0, 0.1) is 6.92 Å². The van der Waals surface area contributed by atoms with E-state index >= 15 is 0 Å². The minimum Gasteiger partial charge on any atom is -0.334 e. The average Bonchev–Trinajstić information content (AvgIpc) is 2.94. The van der Waals surface area contributed by atoms with E-state index < -0.39 is 18.1 Å². The lowest BCUT2D eigenvalue weighted by Crippen LogP contribution is -2.52. The lowest BCUT2D eigenvalue weighted by atomic mass is 10.1. The van der Waals surface area contributed by atoms with Crippen molar-refractivity contribution in [3.05, 3.63) is 11.8 Å². The molecular weight excluding hydrogens is 324 g/mol. The second kappa shape index (κ2) is 7.22. The van der Waals surface area contributed by atoms with Crippen LogP contribution in [-0.4, -0.2) is 51.5 Å². The fourth-order valence-corrected chi connectivity index (χ4v) is 3.21. The number of hydrogen-bond acceptors (Lipinski definition) is 5. The van der Waals surface area contributed by atoms with Gasteiger partial charge in [-0.1, -0.05) is 0 Å². The first-order valence-electron chi connectivity index (χ1n) is 8.66. The number of piperidine rings is 1. The van der Waals surface area contributed by atoms with Crippen molar-refractivity contribution in [3.8, 4) is 0 Å². The van der Waals surface area contributed by atoms with E-state index in [0.717, 1.165) is 19.3 Å². The van der Waals surface area contributed by atoms with E-state index in [2.05, 4.69) is 21.0 Å². The normalized spacial score (nSPS) is 23.9. The van der Waals surface area contributed by atoms with Crippen molar-refractivity contribution in [2.24, 2.45) is 0 Å². The van der Waals surface area contributed by atoms with Gasteiger partial charge in [-0.15, -0.1) is 0 Å². The topological polar surface area (TPSA) is 108 Å². The maximum atomic E-state index is 12.3. The Balaban J connectivity index is 1.73. The number of nitrogens with zero attached hydrogens (tertiary/aromatic N) is 3. The highest BCUT2D eigenvalue weighted by atomic mass is 16.2. The summed E-state index contributed by atoms with van der Waals surface area (Å²) in [5.74, 6) is -0.928. The fourth-order valence-electron chi connectivity index (χ4n) is 3.21. The van der Waals surface area contributed by atoms with E-state index in [4.69, 9.17) is 0 Å². The lowest BCUT2D eigenvalue weighted by Gasteiger charge is -2.30. The van der Waals surface area contributed by atoms with E-state index in [-0.39, 0.29) is 11.9 Å². The van der Waals surface area contributed by atoms with E-state index in [1.54, 1.807) is 17.9 Å². The standard InChI is InChI=1S/C16H24N6O3/c1-10-9-13(23)19-16(17-10)22-12(8-11(2)20-22)18-14(24)15(25)21-6-4-3-5-7-21/h8,10,16-17H,3-7,9H2,1-2H3,(H,18,24)(H,19,23). The highest BCUT2D eigenvalue weighted by Crippen LogP contribution is 2.17. The molecule has 0 radical (unpaired) electrons. The van der Waals surface area contributed by atoms with Gasteiger partial charge in [0.1, 0.15) is 5.82 Å². The number of likely N-dealkylation sites (tertiary alicyclic amines) is 1. The van der Waals surface area contributed by atoms with Crippen LogP contribution in [-0.2, 0) is 14.4 Å². The quantitative estimate of drug-likeness (QED) is 0.657. The molecule has 3 rings (SSSR count). The molecular formula is C16H24N6O3. The second-order valence-corrected chi connectivity index (χ2v) is 6.66. The molecule has 2 atom stereocenters. The van der Waals surface area contributed by atoms with Gasteiger partial charge < -0.3 is 15.5 Å². The molecule has 9 nitrogen and oxygen atoms in total. The Morgan fingerprint density at radius 3 is 2.68 bits per heavy atom. The van der Waals surface area contributed by atoms with Gasteiger partial charge in [-0.05, 0) is 33.1 Å². The number of carbonyl (C=O) groups excluding carboxylic acids is 3. The number of rotatable bonds is 2. The molecule has 3 amide bonds. The first kappa shape index (κ1) is 17.4. The molecule has 2 aliphatic heterocycles. The first-order valence-corrected chi connectivity index (χ1v) is 8.66. The summed E-state index contributed by atoms with van der Waals surface area (Å²) in [6.07, 6.45) is 2.75. The molecule has 2 fully saturated rings. The summed E-state index contributed by atoms with van der Waals surface area (Å²) in [7, 11) is 0. The zero-order valence-corrected chi connectivity index (χ0v) is 14.5.